The quantitative estimate of drug-likeness (QED) is 0.859. The second kappa shape index (κ2) is 6.64. The molecule has 2 amide bonds. The number of nitrogens with zero attached hydrogens (tertiary/aromatic N) is 2. The summed E-state index contributed by atoms with van der Waals surface area (Å²) in [4.78, 5) is 27.9. The largest absolute Gasteiger partial charge is 0.481 e. The summed E-state index contributed by atoms with van der Waals surface area (Å²) in [5.74, 6) is -0.770. The lowest BCUT2D eigenvalue weighted by Gasteiger charge is -2.37. The molecule has 2 saturated heterocycles. The van der Waals surface area contributed by atoms with Crippen molar-refractivity contribution in [3.05, 3.63) is 0 Å². The molecule has 120 valence electrons. The first-order valence-corrected chi connectivity index (χ1v) is 7.90. The molecule has 6 heteroatoms. The fraction of sp³-hybridized carbons (Fsp3) is 0.867. The van der Waals surface area contributed by atoms with Crippen molar-refractivity contribution in [1.82, 2.24) is 9.80 Å². The summed E-state index contributed by atoms with van der Waals surface area (Å²) >= 11 is 0. The molecule has 2 aliphatic heterocycles. The van der Waals surface area contributed by atoms with Gasteiger partial charge in [0.05, 0.1) is 24.7 Å². The van der Waals surface area contributed by atoms with Gasteiger partial charge in [-0.1, -0.05) is 20.3 Å². The molecule has 1 N–H and O–H groups in total. The van der Waals surface area contributed by atoms with Crippen molar-refractivity contribution < 1.29 is 19.4 Å². The highest BCUT2D eigenvalue weighted by molar-refractivity contribution is 5.80. The maximum absolute atomic E-state index is 12.7. The average Bonchev–Trinajstić information content (AvgIpc) is 2.92. The number of carbonyl (C=O) groups excluding carboxylic acids is 1. The Bertz CT molecular complexity index is 401. The Kier molecular flexibility index (Phi) is 5.08. The number of urea groups is 1. The number of aliphatic carboxylic acids is 1. The molecule has 0 saturated carbocycles. The highest BCUT2D eigenvalue weighted by Crippen LogP contribution is 2.36. The van der Waals surface area contributed by atoms with E-state index in [0.717, 1.165) is 12.8 Å². The molecule has 6 nitrogen and oxygen atoms in total. The number of carbonyl (C=O) groups is 2. The first-order chi connectivity index (χ1) is 10.0. The molecule has 0 aromatic carbocycles. The second-order valence-corrected chi connectivity index (χ2v) is 6.12. The minimum Gasteiger partial charge on any atom is -0.481 e. The summed E-state index contributed by atoms with van der Waals surface area (Å²) < 4.78 is 5.43. The third-order valence-corrected chi connectivity index (χ3v) is 4.75. The molecule has 0 bridgehead atoms. The SMILES string of the molecule is CCCC1(C(=O)O)CCN(C(=O)N2CCOCC2CC)C1. The number of rotatable bonds is 4. The van der Waals surface area contributed by atoms with Gasteiger partial charge in [0.2, 0.25) is 0 Å². The van der Waals surface area contributed by atoms with Crippen LogP contribution in [0.5, 0.6) is 0 Å². The van der Waals surface area contributed by atoms with Gasteiger partial charge in [-0.3, -0.25) is 4.79 Å². The fourth-order valence-corrected chi connectivity index (χ4v) is 3.43. The molecule has 0 aromatic heterocycles. The number of ether oxygens (including phenoxy) is 1. The number of hydrogen-bond donors (Lipinski definition) is 1. The van der Waals surface area contributed by atoms with Crippen molar-refractivity contribution >= 4 is 12.0 Å². The van der Waals surface area contributed by atoms with Gasteiger partial charge in [0, 0.05) is 19.6 Å². The zero-order valence-corrected chi connectivity index (χ0v) is 13.0. The predicted octanol–water partition coefficient (Wildman–Crippen LogP) is 1.79. The zero-order valence-electron chi connectivity index (χ0n) is 13.0. The summed E-state index contributed by atoms with van der Waals surface area (Å²) in [6.07, 6.45) is 2.87. The van der Waals surface area contributed by atoms with Crippen molar-refractivity contribution in [3.63, 3.8) is 0 Å². The Hall–Kier alpha value is -1.30. The van der Waals surface area contributed by atoms with E-state index in [1.54, 1.807) is 4.90 Å². The molecule has 2 aliphatic rings. The summed E-state index contributed by atoms with van der Waals surface area (Å²) in [6.45, 7) is 6.65. The van der Waals surface area contributed by atoms with Crippen molar-refractivity contribution in [2.75, 3.05) is 32.8 Å². The Morgan fingerprint density at radius 2 is 2.10 bits per heavy atom. The predicted molar refractivity (Wildman–Crippen MR) is 78.2 cm³/mol. The van der Waals surface area contributed by atoms with Crippen LogP contribution in [0.15, 0.2) is 0 Å². The minimum atomic E-state index is -0.770. The monoisotopic (exact) mass is 298 g/mol. The van der Waals surface area contributed by atoms with Gasteiger partial charge in [-0.15, -0.1) is 0 Å². The Morgan fingerprint density at radius 3 is 2.71 bits per heavy atom. The van der Waals surface area contributed by atoms with E-state index >= 15 is 0 Å². The van der Waals surface area contributed by atoms with E-state index in [-0.39, 0.29) is 12.1 Å². The standard InChI is InChI=1S/C15H26N2O4/c1-3-5-15(13(18)19)6-7-16(11-15)14(20)17-8-9-21-10-12(17)4-2/h12H,3-11H2,1-2H3,(H,18,19). The van der Waals surface area contributed by atoms with Gasteiger partial charge in [-0.05, 0) is 19.3 Å². The lowest BCUT2D eigenvalue weighted by atomic mass is 9.83. The first kappa shape index (κ1) is 16.1. The number of carboxylic acid groups (broad SMARTS) is 1. The van der Waals surface area contributed by atoms with Crippen LogP contribution in [-0.4, -0.2) is 65.8 Å². The van der Waals surface area contributed by atoms with E-state index in [4.69, 9.17) is 4.74 Å². The third kappa shape index (κ3) is 3.15. The maximum atomic E-state index is 12.7. The summed E-state index contributed by atoms with van der Waals surface area (Å²) in [7, 11) is 0. The lowest BCUT2D eigenvalue weighted by Crippen LogP contribution is -2.53. The van der Waals surface area contributed by atoms with E-state index in [1.165, 1.54) is 0 Å². The fourth-order valence-electron chi connectivity index (χ4n) is 3.43. The second-order valence-electron chi connectivity index (χ2n) is 6.12. The number of morpholine rings is 1. The Balaban J connectivity index is 2.05. The summed E-state index contributed by atoms with van der Waals surface area (Å²) in [5, 5.41) is 9.53. The molecule has 2 atom stereocenters. The van der Waals surface area contributed by atoms with Crippen LogP contribution < -0.4 is 0 Å². The van der Waals surface area contributed by atoms with Crippen molar-refractivity contribution in [3.8, 4) is 0 Å². The van der Waals surface area contributed by atoms with Crippen LogP contribution in [0.25, 0.3) is 0 Å². The minimum absolute atomic E-state index is 0.0237. The Morgan fingerprint density at radius 1 is 1.33 bits per heavy atom. The van der Waals surface area contributed by atoms with Crippen molar-refractivity contribution in [2.24, 2.45) is 5.41 Å². The van der Waals surface area contributed by atoms with Crippen LogP contribution in [0.3, 0.4) is 0 Å². The summed E-state index contributed by atoms with van der Waals surface area (Å²) in [6, 6.07) is 0.0848. The van der Waals surface area contributed by atoms with E-state index in [9.17, 15) is 14.7 Å². The molecular formula is C15H26N2O4. The smallest absolute Gasteiger partial charge is 0.320 e. The maximum Gasteiger partial charge on any atom is 0.320 e. The normalized spacial score (nSPS) is 29.7. The van der Waals surface area contributed by atoms with E-state index in [2.05, 4.69) is 0 Å². The van der Waals surface area contributed by atoms with Crippen LogP contribution >= 0.6 is 0 Å². The third-order valence-electron chi connectivity index (χ3n) is 4.75. The van der Waals surface area contributed by atoms with Gasteiger partial charge in [0.15, 0.2) is 0 Å². The molecule has 21 heavy (non-hydrogen) atoms. The average molecular weight is 298 g/mol. The molecule has 2 unspecified atom stereocenters. The Labute approximate surface area is 126 Å². The van der Waals surface area contributed by atoms with Gasteiger partial charge in [-0.2, -0.15) is 0 Å². The van der Waals surface area contributed by atoms with Crippen molar-refractivity contribution in [1.29, 1.82) is 0 Å². The molecule has 2 rings (SSSR count). The van der Waals surface area contributed by atoms with Crippen LogP contribution in [0.4, 0.5) is 4.79 Å². The molecule has 0 spiro atoms. The number of carboxylic acids is 1. The highest BCUT2D eigenvalue weighted by atomic mass is 16.5. The van der Waals surface area contributed by atoms with Crippen LogP contribution in [0.2, 0.25) is 0 Å². The van der Waals surface area contributed by atoms with Gasteiger partial charge in [0.25, 0.3) is 0 Å². The van der Waals surface area contributed by atoms with Gasteiger partial charge in [-0.25, -0.2) is 4.79 Å². The van der Waals surface area contributed by atoms with Crippen LogP contribution in [-0.2, 0) is 9.53 Å². The number of likely N-dealkylation sites (tertiary alicyclic amines) is 1. The molecule has 0 aliphatic carbocycles. The zero-order chi connectivity index (χ0) is 15.5. The highest BCUT2D eigenvalue weighted by Gasteiger charge is 2.46. The lowest BCUT2D eigenvalue weighted by molar-refractivity contribution is -0.148. The van der Waals surface area contributed by atoms with Gasteiger partial charge in [0.1, 0.15) is 0 Å². The number of hydrogen-bond acceptors (Lipinski definition) is 3. The first-order valence-electron chi connectivity index (χ1n) is 7.90. The number of amides is 2. The van der Waals surface area contributed by atoms with Gasteiger partial charge >= 0.3 is 12.0 Å². The van der Waals surface area contributed by atoms with E-state index in [0.29, 0.717) is 45.7 Å². The molecule has 2 fully saturated rings. The van der Waals surface area contributed by atoms with E-state index in [1.807, 2.05) is 18.7 Å². The molecule has 2 heterocycles. The van der Waals surface area contributed by atoms with Crippen LogP contribution in [0.1, 0.15) is 39.5 Å². The topological polar surface area (TPSA) is 70.1 Å². The van der Waals surface area contributed by atoms with Gasteiger partial charge < -0.3 is 19.6 Å². The molecular weight excluding hydrogens is 272 g/mol. The van der Waals surface area contributed by atoms with Crippen molar-refractivity contribution in [2.45, 2.75) is 45.6 Å². The summed E-state index contributed by atoms with van der Waals surface area (Å²) in [5.41, 5.74) is -0.752. The molecule has 0 aromatic rings. The van der Waals surface area contributed by atoms with Crippen LogP contribution in [0, 0.1) is 5.41 Å². The molecule has 0 radical (unpaired) electrons. The van der Waals surface area contributed by atoms with E-state index < -0.39 is 11.4 Å².